The molecule has 0 radical (unpaired) electrons. The second-order valence-corrected chi connectivity index (χ2v) is 3.97. The van der Waals surface area contributed by atoms with Crippen LogP contribution in [-0.2, 0) is 4.79 Å². The van der Waals surface area contributed by atoms with E-state index in [2.05, 4.69) is 15.4 Å². The molecule has 2 unspecified atom stereocenters. The fourth-order valence-electron chi connectivity index (χ4n) is 2.23. The van der Waals surface area contributed by atoms with Crippen LogP contribution in [0.5, 0.6) is 0 Å². The third kappa shape index (κ3) is 1.61. The highest BCUT2D eigenvalue weighted by Crippen LogP contribution is 2.36. The molecule has 1 aliphatic carbocycles. The van der Waals surface area contributed by atoms with Crippen LogP contribution >= 0.6 is 0 Å². The van der Waals surface area contributed by atoms with Gasteiger partial charge in [-0.1, -0.05) is 0 Å². The van der Waals surface area contributed by atoms with E-state index in [4.69, 9.17) is 5.73 Å². The summed E-state index contributed by atoms with van der Waals surface area (Å²) in [6, 6.07) is 0.215. The van der Waals surface area contributed by atoms with E-state index in [0.29, 0.717) is 6.42 Å². The van der Waals surface area contributed by atoms with Crippen molar-refractivity contribution < 1.29 is 4.79 Å². The third-order valence-corrected chi connectivity index (χ3v) is 3.25. The molecular formula is C9H15N5O. The van der Waals surface area contributed by atoms with E-state index < -0.39 is 5.54 Å². The number of hydrogen-bond donors (Lipinski definition) is 2. The molecule has 1 fully saturated rings. The summed E-state index contributed by atoms with van der Waals surface area (Å²) in [5, 5.41) is 7.12. The number of hydrogen-bond acceptors (Lipinski definition) is 4. The van der Waals surface area contributed by atoms with Crippen LogP contribution in [0.2, 0.25) is 0 Å². The van der Waals surface area contributed by atoms with Crippen molar-refractivity contribution in [1.29, 1.82) is 0 Å². The molecule has 82 valence electrons. The molecule has 6 heteroatoms. The van der Waals surface area contributed by atoms with Crippen LogP contribution in [0, 0.1) is 0 Å². The number of carbonyl (C=O) groups is 1. The summed E-state index contributed by atoms with van der Waals surface area (Å²) in [6.07, 6.45) is 5.51. The molecule has 1 aromatic heterocycles. The van der Waals surface area contributed by atoms with E-state index in [1.807, 2.05) is 0 Å². The Morgan fingerprint density at radius 3 is 3.00 bits per heavy atom. The molecule has 1 saturated carbocycles. The first-order valence-corrected chi connectivity index (χ1v) is 5.01. The van der Waals surface area contributed by atoms with Gasteiger partial charge < -0.3 is 11.1 Å². The SMILES string of the molecule is CNC1(C(N)=O)CCC(n2cncn2)C1. The van der Waals surface area contributed by atoms with Crippen LogP contribution in [-0.4, -0.2) is 33.3 Å². The predicted molar refractivity (Wildman–Crippen MR) is 53.9 cm³/mol. The standard InChI is InChI=1S/C9H15N5O/c1-11-9(8(10)15)3-2-7(4-9)14-6-12-5-13-14/h5-7,11H,2-4H2,1H3,(H2,10,15). The van der Waals surface area contributed by atoms with E-state index in [9.17, 15) is 4.79 Å². The smallest absolute Gasteiger partial charge is 0.237 e. The summed E-state index contributed by atoms with van der Waals surface area (Å²) in [5.74, 6) is -0.285. The van der Waals surface area contributed by atoms with Crippen molar-refractivity contribution >= 4 is 5.91 Å². The highest BCUT2D eigenvalue weighted by Gasteiger charge is 2.43. The number of primary amides is 1. The Hall–Kier alpha value is -1.43. The summed E-state index contributed by atoms with van der Waals surface area (Å²) in [4.78, 5) is 15.3. The monoisotopic (exact) mass is 209 g/mol. The second-order valence-electron chi connectivity index (χ2n) is 3.97. The Labute approximate surface area is 87.9 Å². The number of amides is 1. The first-order valence-electron chi connectivity index (χ1n) is 5.01. The third-order valence-electron chi connectivity index (χ3n) is 3.25. The van der Waals surface area contributed by atoms with Gasteiger partial charge in [-0.25, -0.2) is 9.67 Å². The maximum Gasteiger partial charge on any atom is 0.237 e. The van der Waals surface area contributed by atoms with Gasteiger partial charge in [0.15, 0.2) is 0 Å². The van der Waals surface area contributed by atoms with E-state index in [1.54, 1.807) is 18.1 Å². The Morgan fingerprint density at radius 2 is 2.53 bits per heavy atom. The average molecular weight is 209 g/mol. The molecule has 1 aliphatic rings. The van der Waals surface area contributed by atoms with Crippen LogP contribution in [0.15, 0.2) is 12.7 Å². The Bertz CT molecular complexity index is 349. The molecular weight excluding hydrogens is 194 g/mol. The highest BCUT2D eigenvalue weighted by molar-refractivity contribution is 5.85. The maximum absolute atomic E-state index is 11.4. The van der Waals surface area contributed by atoms with Crippen LogP contribution < -0.4 is 11.1 Å². The fraction of sp³-hybridized carbons (Fsp3) is 0.667. The van der Waals surface area contributed by atoms with Crippen molar-refractivity contribution in [3.8, 4) is 0 Å². The minimum absolute atomic E-state index is 0.215. The largest absolute Gasteiger partial charge is 0.368 e. The number of nitrogens with one attached hydrogen (secondary N) is 1. The number of aromatic nitrogens is 3. The fourth-order valence-corrected chi connectivity index (χ4v) is 2.23. The minimum atomic E-state index is -0.573. The van der Waals surface area contributed by atoms with Crippen molar-refractivity contribution in [3.63, 3.8) is 0 Å². The molecule has 3 N–H and O–H groups in total. The zero-order valence-corrected chi connectivity index (χ0v) is 8.68. The molecule has 0 aliphatic heterocycles. The molecule has 0 saturated heterocycles. The van der Waals surface area contributed by atoms with Gasteiger partial charge in [0, 0.05) is 0 Å². The molecule has 15 heavy (non-hydrogen) atoms. The highest BCUT2D eigenvalue weighted by atomic mass is 16.1. The molecule has 6 nitrogen and oxygen atoms in total. The van der Waals surface area contributed by atoms with Gasteiger partial charge in [-0.05, 0) is 26.3 Å². The summed E-state index contributed by atoms with van der Waals surface area (Å²) in [6.45, 7) is 0. The Kier molecular flexibility index (Phi) is 2.44. The molecule has 1 amide bonds. The molecule has 0 bridgehead atoms. The normalized spacial score (nSPS) is 30.6. The van der Waals surface area contributed by atoms with E-state index >= 15 is 0 Å². The van der Waals surface area contributed by atoms with E-state index in [-0.39, 0.29) is 11.9 Å². The van der Waals surface area contributed by atoms with Crippen molar-refractivity contribution in [2.45, 2.75) is 30.8 Å². The van der Waals surface area contributed by atoms with Crippen LogP contribution in [0.4, 0.5) is 0 Å². The number of rotatable bonds is 3. The van der Waals surface area contributed by atoms with E-state index in [1.165, 1.54) is 6.33 Å². The lowest BCUT2D eigenvalue weighted by molar-refractivity contribution is -0.124. The molecule has 0 spiro atoms. The molecule has 2 rings (SSSR count). The summed E-state index contributed by atoms with van der Waals surface area (Å²) >= 11 is 0. The lowest BCUT2D eigenvalue weighted by Crippen LogP contribution is -2.52. The van der Waals surface area contributed by atoms with Crippen LogP contribution in [0.25, 0.3) is 0 Å². The van der Waals surface area contributed by atoms with Gasteiger partial charge >= 0.3 is 0 Å². The van der Waals surface area contributed by atoms with Crippen LogP contribution in [0.3, 0.4) is 0 Å². The van der Waals surface area contributed by atoms with Crippen LogP contribution in [0.1, 0.15) is 25.3 Å². The summed E-state index contributed by atoms with van der Waals surface area (Å²) in [5.41, 5.74) is 4.84. The molecule has 1 aromatic rings. The van der Waals surface area contributed by atoms with E-state index in [0.717, 1.165) is 12.8 Å². The topological polar surface area (TPSA) is 85.8 Å². The molecule has 0 aromatic carbocycles. The number of likely N-dealkylation sites (N-methyl/N-ethyl adjacent to an activating group) is 1. The maximum atomic E-state index is 11.4. The van der Waals surface area contributed by atoms with Gasteiger partial charge in [0.1, 0.15) is 12.7 Å². The van der Waals surface area contributed by atoms with Gasteiger partial charge in [-0.2, -0.15) is 5.10 Å². The van der Waals surface area contributed by atoms with Gasteiger partial charge in [-0.15, -0.1) is 0 Å². The lowest BCUT2D eigenvalue weighted by atomic mass is 9.97. The average Bonchev–Trinajstić information content (AvgIpc) is 2.87. The quantitative estimate of drug-likeness (QED) is 0.699. The van der Waals surface area contributed by atoms with Crippen molar-refractivity contribution in [2.75, 3.05) is 7.05 Å². The van der Waals surface area contributed by atoms with Gasteiger partial charge in [0.25, 0.3) is 0 Å². The summed E-state index contributed by atoms with van der Waals surface area (Å²) in [7, 11) is 1.77. The van der Waals surface area contributed by atoms with Crippen molar-refractivity contribution in [2.24, 2.45) is 5.73 Å². The lowest BCUT2D eigenvalue weighted by Gasteiger charge is -2.24. The number of nitrogens with two attached hydrogens (primary N) is 1. The first kappa shape index (κ1) is 10.1. The summed E-state index contributed by atoms with van der Waals surface area (Å²) < 4.78 is 1.79. The van der Waals surface area contributed by atoms with Gasteiger partial charge in [0.05, 0.1) is 11.6 Å². The minimum Gasteiger partial charge on any atom is -0.368 e. The van der Waals surface area contributed by atoms with Gasteiger partial charge in [-0.3, -0.25) is 4.79 Å². The second kappa shape index (κ2) is 3.62. The molecule has 2 atom stereocenters. The Balaban J connectivity index is 2.15. The number of nitrogens with zero attached hydrogens (tertiary/aromatic N) is 3. The molecule has 1 heterocycles. The first-order chi connectivity index (χ1) is 7.18. The van der Waals surface area contributed by atoms with Gasteiger partial charge in [0.2, 0.25) is 5.91 Å². The number of carbonyl (C=O) groups excluding carboxylic acids is 1. The van der Waals surface area contributed by atoms with Crippen molar-refractivity contribution in [1.82, 2.24) is 20.1 Å². The Morgan fingerprint density at radius 1 is 1.73 bits per heavy atom. The van der Waals surface area contributed by atoms with Crippen molar-refractivity contribution in [3.05, 3.63) is 12.7 Å². The predicted octanol–water partition coefficient (Wildman–Crippen LogP) is -0.553. The zero-order valence-electron chi connectivity index (χ0n) is 8.68. The zero-order chi connectivity index (χ0) is 10.9.